The van der Waals surface area contributed by atoms with E-state index in [0.29, 0.717) is 13.2 Å². The Morgan fingerprint density at radius 1 is 1.24 bits per heavy atom. The Hall–Kier alpha value is -2.63. The molecule has 0 unspecified atom stereocenters. The lowest BCUT2D eigenvalue weighted by molar-refractivity contribution is -0.384. The Kier molecular flexibility index (Phi) is 4.71. The number of anilines is 1. The van der Waals surface area contributed by atoms with Crippen LogP contribution in [0, 0.1) is 15.9 Å². The van der Waals surface area contributed by atoms with E-state index in [9.17, 15) is 14.5 Å². The molecule has 2 aromatic rings. The summed E-state index contributed by atoms with van der Waals surface area (Å²) in [7, 11) is 0. The summed E-state index contributed by atoms with van der Waals surface area (Å²) < 4.78 is 18.5. The van der Waals surface area contributed by atoms with Crippen molar-refractivity contribution in [2.75, 3.05) is 11.9 Å². The molecule has 0 bridgehead atoms. The van der Waals surface area contributed by atoms with Crippen LogP contribution in [0.5, 0.6) is 5.75 Å². The van der Waals surface area contributed by atoms with E-state index < -0.39 is 10.7 Å². The van der Waals surface area contributed by atoms with E-state index >= 15 is 0 Å². The van der Waals surface area contributed by atoms with Crippen LogP contribution in [0.4, 0.5) is 15.8 Å². The molecule has 0 spiro atoms. The molecule has 2 rings (SSSR count). The van der Waals surface area contributed by atoms with Crippen LogP contribution in [0.15, 0.2) is 42.5 Å². The Balaban J connectivity index is 2.08. The summed E-state index contributed by atoms with van der Waals surface area (Å²) in [5, 5.41) is 13.8. The molecule has 0 fully saturated rings. The standard InChI is InChI=1S/C15H15FN2O3/c1-2-21-13-6-3-11(4-7-13)10-17-14-9-12(16)5-8-15(14)18(19)20/h3-9,17H,2,10H2,1H3. The summed E-state index contributed by atoms with van der Waals surface area (Å²) in [5.41, 5.74) is 0.924. The molecule has 0 aromatic heterocycles. The van der Waals surface area contributed by atoms with Gasteiger partial charge in [0.05, 0.1) is 11.5 Å². The number of nitro benzene ring substituents is 1. The van der Waals surface area contributed by atoms with Crippen LogP contribution in [0.1, 0.15) is 12.5 Å². The summed E-state index contributed by atoms with van der Waals surface area (Å²) in [4.78, 5) is 10.3. The molecule has 0 saturated carbocycles. The molecule has 0 saturated heterocycles. The maximum absolute atomic E-state index is 13.2. The van der Waals surface area contributed by atoms with Gasteiger partial charge in [0.1, 0.15) is 17.3 Å². The van der Waals surface area contributed by atoms with Crippen molar-refractivity contribution in [3.05, 3.63) is 64.0 Å². The van der Waals surface area contributed by atoms with Gasteiger partial charge >= 0.3 is 0 Å². The number of nitrogens with one attached hydrogen (secondary N) is 1. The van der Waals surface area contributed by atoms with Gasteiger partial charge in [-0.15, -0.1) is 0 Å². The lowest BCUT2D eigenvalue weighted by atomic mass is 10.2. The predicted molar refractivity (Wildman–Crippen MR) is 78.0 cm³/mol. The lowest BCUT2D eigenvalue weighted by Crippen LogP contribution is -2.03. The Bertz CT molecular complexity index is 629. The van der Waals surface area contributed by atoms with Gasteiger partial charge in [0.15, 0.2) is 0 Å². The number of halogens is 1. The first-order valence-electron chi connectivity index (χ1n) is 6.49. The van der Waals surface area contributed by atoms with Gasteiger partial charge in [0.25, 0.3) is 5.69 Å². The monoisotopic (exact) mass is 290 g/mol. The van der Waals surface area contributed by atoms with Crippen molar-refractivity contribution in [1.29, 1.82) is 0 Å². The zero-order chi connectivity index (χ0) is 15.2. The molecule has 0 amide bonds. The van der Waals surface area contributed by atoms with Crippen LogP contribution in [0.2, 0.25) is 0 Å². The topological polar surface area (TPSA) is 64.4 Å². The van der Waals surface area contributed by atoms with Crippen LogP contribution < -0.4 is 10.1 Å². The number of hydrogen-bond acceptors (Lipinski definition) is 4. The molecule has 0 aliphatic rings. The third-order valence-electron chi connectivity index (χ3n) is 2.87. The molecule has 0 aliphatic heterocycles. The highest BCUT2D eigenvalue weighted by atomic mass is 19.1. The third kappa shape index (κ3) is 3.92. The first-order valence-corrected chi connectivity index (χ1v) is 6.49. The van der Waals surface area contributed by atoms with Gasteiger partial charge in [0, 0.05) is 18.7 Å². The molecule has 6 heteroatoms. The van der Waals surface area contributed by atoms with E-state index in [1.54, 1.807) is 0 Å². The van der Waals surface area contributed by atoms with Crippen molar-refractivity contribution >= 4 is 11.4 Å². The van der Waals surface area contributed by atoms with Gasteiger partial charge in [-0.05, 0) is 30.7 Å². The maximum Gasteiger partial charge on any atom is 0.292 e. The summed E-state index contributed by atoms with van der Waals surface area (Å²) in [5.74, 6) is 0.243. The number of rotatable bonds is 6. The SMILES string of the molecule is CCOc1ccc(CNc2cc(F)ccc2[N+](=O)[O-])cc1. The Morgan fingerprint density at radius 2 is 1.95 bits per heavy atom. The number of ether oxygens (including phenoxy) is 1. The highest BCUT2D eigenvalue weighted by Gasteiger charge is 2.13. The second-order valence-corrected chi connectivity index (χ2v) is 4.35. The second kappa shape index (κ2) is 6.69. The van der Waals surface area contributed by atoms with Crippen molar-refractivity contribution in [3.8, 4) is 5.75 Å². The smallest absolute Gasteiger partial charge is 0.292 e. The molecule has 110 valence electrons. The molecule has 1 N–H and O–H groups in total. The number of nitro groups is 1. The molecule has 0 heterocycles. The minimum atomic E-state index is -0.542. The van der Waals surface area contributed by atoms with Crippen LogP contribution >= 0.6 is 0 Å². The number of hydrogen-bond donors (Lipinski definition) is 1. The fourth-order valence-corrected chi connectivity index (χ4v) is 1.88. The Morgan fingerprint density at radius 3 is 2.57 bits per heavy atom. The summed E-state index contributed by atoms with van der Waals surface area (Å²) in [6.45, 7) is 2.85. The minimum Gasteiger partial charge on any atom is -0.494 e. The quantitative estimate of drug-likeness (QED) is 0.650. The normalized spacial score (nSPS) is 10.2. The van der Waals surface area contributed by atoms with E-state index in [0.717, 1.165) is 29.5 Å². The molecule has 0 radical (unpaired) electrons. The zero-order valence-electron chi connectivity index (χ0n) is 11.5. The van der Waals surface area contributed by atoms with Gasteiger partial charge in [-0.2, -0.15) is 0 Å². The van der Waals surface area contributed by atoms with E-state index in [1.807, 2.05) is 31.2 Å². The molecule has 0 aliphatic carbocycles. The fourth-order valence-electron chi connectivity index (χ4n) is 1.88. The molecule has 21 heavy (non-hydrogen) atoms. The van der Waals surface area contributed by atoms with Gasteiger partial charge in [0.2, 0.25) is 0 Å². The van der Waals surface area contributed by atoms with Crippen LogP contribution in [-0.4, -0.2) is 11.5 Å². The highest BCUT2D eigenvalue weighted by molar-refractivity contribution is 5.61. The van der Waals surface area contributed by atoms with Crippen molar-refractivity contribution < 1.29 is 14.1 Å². The van der Waals surface area contributed by atoms with Crippen molar-refractivity contribution in [2.24, 2.45) is 0 Å². The van der Waals surface area contributed by atoms with E-state index in [4.69, 9.17) is 4.74 Å². The molecule has 2 aromatic carbocycles. The van der Waals surface area contributed by atoms with Crippen LogP contribution in [0.3, 0.4) is 0 Å². The fraction of sp³-hybridized carbons (Fsp3) is 0.200. The lowest BCUT2D eigenvalue weighted by Gasteiger charge is -2.08. The van der Waals surface area contributed by atoms with Crippen LogP contribution in [-0.2, 0) is 6.54 Å². The van der Waals surface area contributed by atoms with E-state index in [1.165, 1.54) is 0 Å². The van der Waals surface area contributed by atoms with Crippen LogP contribution in [0.25, 0.3) is 0 Å². The molecular weight excluding hydrogens is 275 g/mol. The van der Waals surface area contributed by atoms with Gasteiger partial charge < -0.3 is 10.1 Å². The molecule has 5 nitrogen and oxygen atoms in total. The zero-order valence-corrected chi connectivity index (χ0v) is 11.5. The summed E-state index contributed by atoms with van der Waals surface area (Å²) in [6, 6.07) is 10.7. The third-order valence-corrected chi connectivity index (χ3v) is 2.87. The number of benzene rings is 2. The Labute approximate surface area is 121 Å². The van der Waals surface area contributed by atoms with Crippen molar-refractivity contribution in [1.82, 2.24) is 0 Å². The summed E-state index contributed by atoms with van der Waals surface area (Å²) in [6.07, 6.45) is 0. The highest BCUT2D eigenvalue weighted by Crippen LogP contribution is 2.25. The van der Waals surface area contributed by atoms with Crippen molar-refractivity contribution in [2.45, 2.75) is 13.5 Å². The van der Waals surface area contributed by atoms with E-state index in [-0.39, 0.29) is 11.4 Å². The van der Waals surface area contributed by atoms with Gasteiger partial charge in [-0.25, -0.2) is 4.39 Å². The first kappa shape index (κ1) is 14.8. The first-order chi connectivity index (χ1) is 10.1. The molecular formula is C15H15FN2O3. The number of nitrogens with zero attached hydrogens (tertiary/aromatic N) is 1. The predicted octanol–water partition coefficient (Wildman–Crippen LogP) is 3.74. The average Bonchev–Trinajstić information content (AvgIpc) is 2.46. The van der Waals surface area contributed by atoms with Crippen molar-refractivity contribution in [3.63, 3.8) is 0 Å². The largest absolute Gasteiger partial charge is 0.494 e. The average molecular weight is 290 g/mol. The van der Waals surface area contributed by atoms with Gasteiger partial charge in [-0.1, -0.05) is 12.1 Å². The van der Waals surface area contributed by atoms with Gasteiger partial charge in [-0.3, -0.25) is 10.1 Å². The van der Waals surface area contributed by atoms with E-state index in [2.05, 4.69) is 5.32 Å². The molecule has 0 atom stereocenters. The second-order valence-electron chi connectivity index (χ2n) is 4.35. The maximum atomic E-state index is 13.2. The summed E-state index contributed by atoms with van der Waals surface area (Å²) >= 11 is 0. The minimum absolute atomic E-state index is 0.151.